The minimum absolute atomic E-state index is 0.00720. The van der Waals surface area contributed by atoms with E-state index in [0.717, 1.165) is 11.0 Å². The number of nitrogens with zero attached hydrogens (tertiary/aromatic N) is 3. The minimum Gasteiger partial charge on any atom is -0.283 e. The fourth-order valence-electron chi connectivity index (χ4n) is 2.99. The molecule has 3 nitrogen and oxygen atoms in total. The smallest absolute Gasteiger partial charge is 0.283 e. The molecule has 4 rings (SSSR count). The molecule has 0 unspecified atom stereocenters. The zero-order chi connectivity index (χ0) is 16.2. The van der Waals surface area contributed by atoms with E-state index < -0.39 is 11.5 Å². The molecule has 0 radical (unpaired) electrons. The maximum Gasteiger partial charge on any atom is 0.298 e. The molecule has 0 atom stereocenters. The lowest BCUT2D eigenvalue weighted by atomic mass is 9.84. The van der Waals surface area contributed by atoms with Crippen molar-refractivity contribution in [3.8, 4) is 0 Å². The number of aromatic nitrogens is 2. The first kappa shape index (κ1) is 14.1. The summed E-state index contributed by atoms with van der Waals surface area (Å²) >= 11 is 0. The van der Waals surface area contributed by atoms with Crippen LogP contribution in [-0.4, -0.2) is 20.9 Å². The highest BCUT2D eigenvalue weighted by molar-refractivity contribution is 6.06. The summed E-state index contributed by atoms with van der Waals surface area (Å²) in [5.41, 5.74) is 0.583. The molecular formula is C18H15F2N3. The second kappa shape index (κ2) is 4.47. The summed E-state index contributed by atoms with van der Waals surface area (Å²) in [4.78, 5) is 8.74. The number of hydrogen-bond donors (Lipinski definition) is 0. The van der Waals surface area contributed by atoms with Crippen molar-refractivity contribution in [2.24, 2.45) is 4.99 Å². The number of hydrogen-bond acceptors (Lipinski definition) is 2. The van der Waals surface area contributed by atoms with Crippen molar-refractivity contribution in [2.75, 3.05) is 0 Å². The summed E-state index contributed by atoms with van der Waals surface area (Å²) in [6.45, 7) is 2.92. The van der Waals surface area contributed by atoms with Gasteiger partial charge in [-0.2, -0.15) is 8.78 Å². The SMILES string of the molecule is CC1(C)N=C(n2cnc3ccccc32)c2ccccc2C1(F)F. The Balaban J connectivity index is 2.04. The van der Waals surface area contributed by atoms with Gasteiger partial charge in [0, 0.05) is 11.1 Å². The van der Waals surface area contributed by atoms with Gasteiger partial charge in [-0.3, -0.25) is 9.56 Å². The Labute approximate surface area is 132 Å². The summed E-state index contributed by atoms with van der Waals surface area (Å²) < 4.78 is 31.3. The van der Waals surface area contributed by atoms with E-state index in [2.05, 4.69) is 9.98 Å². The normalized spacial score (nSPS) is 18.5. The van der Waals surface area contributed by atoms with Gasteiger partial charge in [-0.05, 0) is 26.0 Å². The van der Waals surface area contributed by atoms with Gasteiger partial charge >= 0.3 is 0 Å². The Morgan fingerprint density at radius 2 is 1.65 bits per heavy atom. The Kier molecular flexibility index (Phi) is 2.73. The van der Waals surface area contributed by atoms with E-state index in [9.17, 15) is 8.78 Å². The lowest BCUT2D eigenvalue weighted by Crippen LogP contribution is -2.45. The van der Waals surface area contributed by atoms with E-state index in [1.54, 1.807) is 29.1 Å². The molecule has 1 aliphatic rings. The van der Waals surface area contributed by atoms with E-state index in [1.807, 2.05) is 24.3 Å². The minimum atomic E-state index is -3.02. The Hall–Kier alpha value is -2.56. The quantitative estimate of drug-likeness (QED) is 0.611. The van der Waals surface area contributed by atoms with Crippen molar-refractivity contribution in [3.05, 3.63) is 66.0 Å². The second-order valence-corrected chi connectivity index (χ2v) is 6.22. The first-order valence-corrected chi connectivity index (χ1v) is 7.42. The first-order chi connectivity index (χ1) is 10.9. The molecule has 1 aromatic heterocycles. The van der Waals surface area contributed by atoms with Crippen LogP contribution >= 0.6 is 0 Å². The van der Waals surface area contributed by atoms with Gasteiger partial charge in [0.2, 0.25) is 0 Å². The van der Waals surface area contributed by atoms with Gasteiger partial charge in [-0.15, -0.1) is 0 Å². The van der Waals surface area contributed by atoms with Crippen molar-refractivity contribution >= 4 is 16.9 Å². The van der Waals surface area contributed by atoms with Crippen molar-refractivity contribution in [3.63, 3.8) is 0 Å². The van der Waals surface area contributed by atoms with Gasteiger partial charge in [0.1, 0.15) is 17.7 Å². The fraction of sp³-hybridized carbons (Fsp3) is 0.222. The van der Waals surface area contributed by atoms with Gasteiger partial charge in [0.15, 0.2) is 0 Å². The number of aliphatic imine (C=N–C) groups is 1. The third kappa shape index (κ3) is 1.86. The van der Waals surface area contributed by atoms with E-state index in [0.29, 0.717) is 11.4 Å². The van der Waals surface area contributed by atoms with E-state index >= 15 is 0 Å². The van der Waals surface area contributed by atoms with E-state index in [-0.39, 0.29) is 5.56 Å². The molecule has 1 aliphatic heterocycles. The lowest BCUT2D eigenvalue weighted by molar-refractivity contribution is -0.0684. The fourth-order valence-corrected chi connectivity index (χ4v) is 2.99. The predicted molar refractivity (Wildman–Crippen MR) is 86.1 cm³/mol. The average Bonchev–Trinajstić information content (AvgIpc) is 2.95. The monoisotopic (exact) mass is 311 g/mol. The molecule has 3 aromatic rings. The highest BCUT2D eigenvalue weighted by Gasteiger charge is 2.52. The molecule has 0 saturated heterocycles. The number of benzene rings is 2. The van der Waals surface area contributed by atoms with Crippen LogP contribution < -0.4 is 0 Å². The maximum atomic E-state index is 14.8. The number of rotatable bonds is 0. The van der Waals surface area contributed by atoms with Crippen LogP contribution in [0.15, 0.2) is 59.9 Å². The summed E-state index contributed by atoms with van der Waals surface area (Å²) in [5.74, 6) is -2.52. The summed E-state index contributed by atoms with van der Waals surface area (Å²) in [6, 6.07) is 14.1. The standard InChI is InChI=1S/C18H15F2N3/c1-17(2)18(19,20)13-8-4-3-7-12(13)16(22-17)23-11-21-14-9-5-6-10-15(14)23/h3-11H,1-2H3. The molecular weight excluding hydrogens is 296 g/mol. The third-order valence-corrected chi connectivity index (χ3v) is 4.34. The first-order valence-electron chi connectivity index (χ1n) is 7.42. The van der Waals surface area contributed by atoms with Crippen LogP contribution in [0.25, 0.3) is 11.0 Å². The molecule has 2 heterocycles. The topological polar surface area (TPSA) is 30.2 Å². The predicted octanol–water partition coefficient (Wildman–Crippen LogP) is 4.22. The molecule has 2 aromatic carbocycles. The molecule has 0 spiro atoms. The molecule has 0 fully saturated rings. The van der Waals surface area contributed by atoms with Gasteiger partial charge in [0.25, 0.3) is 5.92 Å². The third-order valence-electron chi connectivity index (χ3n) is 4.34. The van der Waals surface area contributed by atoms with Crippen LogP contribution in [0, 0.1) is 0 Å². The van der Waals surface area contributed by atoms with Crippen LogP contribution in [0.3, 0.4) is 0 Å². The average molecular weight is 311 g/mol. The van der Waals surface area contributed by atoms with Crippen LogP contribution in [0.1, 0.15) is 25.0 Å². The van der Waals surface area contributed by atoms with Gasteiger partial charge in [0.05, 0.1) is 11.0 Å². The molecule has 116 valence electrons. The molecule has 23 heavy (non-hydrogen) atoms. The van der Waals surface area contributed by atoms with Crippen LogP contribution in [0.4, 0.5) is 8.78 Å². The Morgan fingerprint density at radius 1 is 0.957 bits per heavy atom. The molecule has 0 saturated carbocycles. The van der Waals surface area contributed by atoms with Crippen molar-refractivity contribution < 1.29 is 8.78 Å². The highest BCUT2D eigenvalue weighted by Crippen LogP contribution is 2.46. The molecule has 0 N–H and O–H groups in total. The Bertz CT molecular complexity index is 938. The number of halogens is 2. The summed E-state index contributed by atoms with van der Waals surface area (Å²) in [7, 11) is 0. The van der Waals surface area contributed by atoms with Gasteiger partial charge < -0.3 is 0 Å². The van der Waals surface area contributed by atoms with Crippen LogP contribution in [-0.2, 0) is 5.92 Å². The van der Waals surface area contributed by atoms with Gasteiger partial charge in [-0.1, -0.05) is 36.4 Å². The lowest BCUT2D eigenvalue weighted by Gasteiger charge is -2.37. The van der Waals surface area contributed by atoms with Crippen LogP contribution in [0.2, 0.25) is 0 Å². The number of para-hydroxylation sites is 2. The summed E-state index contributed by atoms with van der Waals surface area (Å²) in [5, 5.41) is 0. The molecule has 5 heteroatoms. The molecule has 0 amide bonds. The van der Waals surface area contributed by atoms with Crippen molar-refractivity contribution in [1.29, 1.82) is 0 Å². The van der Waals surface area contributed by atoms with E-state index in [4.69, 9.17) is 0 Å². The van der Waals surface area contributed by atoms with Gasteiger partial charge in [-0.25, -0.2) is 4.98 Å². The number of fused-ring (bicyclic) bond motifs is 2. The number of imidazole rings is 1. The zero-order valence-corrected chi connectivity index (χ0v) is 12.8. The second-order valence-electron chi connectivity index (χ2n) is 6.22. The van der Waals surface area contributed by atoms with Crippen LogP contribution in [0.5, 0.6) is 0 Å². The maximum absolute atomic E-state index is 14.8. The summed E-state index contributed by atoms with van der Waals surface area (Å²) in [6.07, 6.45) is 1.64. The number of alkyl halides is 2. The van der Waals surface area contributed by atoms with E-state index in [1.165, 1.54) is 19.9 Å². The Morgan fingerprint density at radius 3 is 2.48 bits per heavy atom. The highest BCUT2D eigenvalue weighted by atomic mass is 19.3. The molecule has 0 bridgehead atoms. The van der Waals surface area contributed by atoms with Crippen molar-refractivity contribution in [1.82, 2.24) is 9.55 Å². The molecule has 0 aliphatic carbocycles. The van der Waals surface area contributed by atoms with Crippen molar-refractivity contribution in [2.45, 2.75) is 25.3 Å². The largest absolute Gasteiger partial charge is 0.298 e. The zero-order valence-electron chi connectivity index (χ0n) is 12.8.